The molecule has 2 nitrogen and oxygen atoms in total. The Bertz CT molecular complexity index is 153. The van der Waals surface area contributed by atoms with E-state index in [1.807, 2.05) is 0 Å². The Hall–Kier alpha value is -0.310. The summed E-state index contributed by atoms with van der Waals surface area (Å²) in [5.74, 6) is -0.193. The minimum absolute atomic E-state index is 0.0350. The molecular weight excluding hydrogens is 169 g/mol. The summed E-state index contributed by atoms with van der Waals surface area (Å²) in [6.07, 6.45) is 0.478. The molecule has 0 aromatic rings. The summed E-state index contributed by atoms with van der Waals surface area (Å²) in [4.78, 5) is 12.4. The number of amides is 1. The smallest absolute Gasteiger partial charge is 0.237 e. The molecule has 0 N–H and O–H groups in total. The lowest BCUT2D eigenvalue weighted by atomic mass is 10.1. The number of hydrogen-bond acceptors (Lipinski definition) is 1. The number of piperidine rings is 1. The molecule has 0 aromatic heterocycles. The highest BCUT2D eigenvalue weighted by molar-refractivity contribution is 6.27. The van der Waals surface area contributed by atoms with E-state index in [-0.39, 0.29) is 18.3 Å². The summed E-state index contributed by atoms with van der Waals surface area (Å²) in [6, 6.07) is 0. The molecule has 11 heavy (non-hydrogen) atoms. The summed E-state index contributed by atoms with van der Waals surface area (Å²) < 4.78 is 12.7. The predicted octanol–water partition coefficient (Wildman–Crippen LogP) is 1.19. The second-order valence-electron chi connectivity index (χ2n) is 2.71. The molecule has 0 saturated carbocycles. The quantitative estimate of drug-likeness (QED) is 0.554. The minimum atomic E-state index is -0.851. The minimum Gasteiger partial charge on any atom is -0.339 e. The molecular formula is C7H11ClFNO. The van der Waals surface area contributed by atoms with E-state index in [1.165, 1.54) is 4.90 Å². The van der Waals surface area contributed by atoms with Gasteiger partial charge in [0.1, 0.15) is 12.1 Å². The van der Waals surface area contributed by atoms with Crippen LogP contribution in [0.5, 0.6) is 0 Å². The lowest BCUT2D eigenvalue weighted by Gasteiger charge is -2.28. The first-order chi connectivity index (χ1) is 5.24. The Morgan fingerprint density at radius 3 is 3.00 bits per heavy atom. The molecule has 0 radical (unpaired) electrons. The van der Waals surface area contributed by atoms with Crippen molar-refractivity contribution in [1.82, 2.24) is 4.90 Å². The van der Waals surface area contributed by atoms with E-state index in [0.717, 1.165) is 6.42 Å². The van der Waals surface area contributed by atoms with Crippen molar-refractivity contribution >= 4 is 17.5 Å². The van der Waals surface area contributed by atoms with Gasteiger partial charge in [-0.1, -0.05) is 0 Å². The van der Waals surface area contributed by atoms with Gasteiger partial charge < -0.3 is 4.90 Å². The van der Waals surface area contributed by atoms with Crippen molar-refractivity contribution in [2.45, 2.75) is 19.0 Å². The molecule has 1 heterocycles. The highest BCUT2D eigenvalue weighted by atomic mass is 35.5. The molecule has 0 spiro atoms. The topological polar surface area (TPSA) is 20.3 Å². The Morgan fingerprint density at radius 1 is 1.73 bits per heavy atom. The van der Waals surface area contributed by atoms with Crippen molar-refractivity contribution < 1.29 is 9.18 Å². The Morgan fingerprint density at radius 2 is 2.45 bits per heavy atom. The van der Waals surface area contributed by atoms with Gasteiger partial charge in [0.15, 0.2) is 0 Å². The van der Waals surface area contributed by atoms with Crippen LogP contribution >= 0.6 is 11.6 Å². The van der Waals surface area contributed by atoms with Gasteiger partial charge >= 0.3 is 0 Å². The van der Waals surface area contributed by atoms with Crippen molar-refractivity contribution in [3.63, 3.8) is 0 Å². The number of nitrogens with zero attached hydrogens (tertiary/aromatic N) is 1. The third-order valence-electron chi connectivity index (χ3n) is 1.83. The first-order valence-corrected chi connectivity index (χ1v) is 4.25. The van der Waals surface area contributed by atoms with Gasteiger partial charge in [-0.05, 0) is 12.8 Å². The van der Waals surface area contributed by atoms with Crippen molar-refractivity contribution in [2.24, 2.45) is 0 Å². The molecule has 0 unspecified atom stereocenters. The normalized spacial score (nSPS) is 25.3. The summed E-state index contributed by atoms with van der Waals surface area (Å²) in [5.41, 5.74) is 0. The van der Waals surface area contributed by atoms with Crippen LogP contribution in [0.1, 0.15) is 12.8 Å². The van der Waals surface area contributed by atoms with Crippen molar-refractivity contribution in [3.05, 3.63) is 0 Å². The van der Waals surface area contributed by atoms with E-state index < -0.39 is 6.17 Å². The van der Waals surface area contributed by atoms with Crippen LogP contribution in [0.2, 0.25) is 0 Å². The van der Waals surface area contributed by atoms with Gasteiger partial charge in [0, 0.05) is 6.54 Å². The van der Waals surface area contributed by atoms with Crippen molar-refractivity contribution in [2.75, 3.05) is 19.0 Å². The maximum Gasteiger partial charge on any atom is 0.237 e. The van der Waals surface area contributed by atoms with Gasteiger partial charge in [-0.25, -0.2) is 4.39 Å². The maximum atomic E-state index is 12.7. The lowest BCUT2D eigenvalue weighted by molar-refractivity contribution is -0.130. The van der Waals surface area contributed by atoms with E-state index in [0.29, 0.717) is 13.0 Å². The second-order valence-corrected chi connectivity index (χ2v) is 2.98. The summed E-state index contributed by atoms with van der Waals surface area (Å²) in [6.45, 7) is 0.886. The molecule has 1 amide bonds. The molecule has 1 atom stereocenters. The molecule has 1 rings (SSSR count). The molecule has 4 heteroatoms. The number of halogens is 2. The Balaban J connectivity index is 2.39. The van der Waals surface area contributed by atoms with Crippen LogP contribution in [-0.4, -0.2) is 35.9 Å². The standard InChI is InChI=1S/C7H11ClFNO/c8-4-7(11)10-3-1-2-6(9)5-10/h6H,1-5H2/t6-/m0/s1. The summed E-state index contributed by atoms with van der Waals surface area (Å²) in [7, 11) is 0. The highest BCUT2D eigenvalue weighted by Crippen LogP contribution is 2.12. The molecule has 1 saturated heterocycles. The summed E-state index contributed by atoms with van der Waals surface area (Å²) >= 11 is 5.32. The fraction of sp³-hybridized carbons (Fsp3) is 0.857. The highest BCUT2D eigenvalue weighted by Gasteiger charge is 2.21. The Kier molecular flexibility index (Phi) is 3.12. The van der Waals surface area contributed by atoms with Crippen LogP contribution in [0.15, 0.2) is 0 Å². The van der Waals surface area contributed by atoms with Crippen LogP contribution in [0, 0.1) is 0 Å². The first kappa shape index (κ1) is 8.78. The van der Waals surface area contributed by atoms with E-state index in [9.17, 15) is 9.18 Å². The number of carbonyl (C=O) groups is 1. The number of hydrogen-bond donors (Lipinski definition) is 0. The molecule has 0 aromatic carbocycles. The zero-order valence-corrected chi connectivity index (χ0v) is 6.98. The van der Waals surface area contributed by atoms with Gasteiger partial charge in [-0.3, -0.25) is 4.79 Å². The maximum absolute atomic E-state index is 12.7. The fourth-order valence-corrected chi connectivity index (χ4v) is 1.41. The third kappa shape index (κ3) is 2.33. The molecule has 1 fully saturated rings. The van der Waals surface area contributed by atoms with Crippen LogP contribution in [0.25, 0.3) is 0 Å². The number of carbonyl (C=O) groups excluding carboxylic acids is 1. The van der Waals surface area contributed by atoms with Crippen LogP contribution in [0.3, 0.4) is 0 Å². The van der Waals surface area contributed by atoms with Gasteiger partial charge in [0.05, 0.1) is 6.54 Å². The van der Waals surface area contributed by atoms with Crippen molar-refractivity contribution in [1.29, 1.82) is 0 Å². The van der Waals surface area contributed by atoms with Gasteiger partial charge in [-0.15, -0.1) is 11.6 Å². The zero-order chi connectivity index (χ0) is 8.27. The second kappa shape index (κ2) is 3.90. The molecule has 1 aliphatic rings. The first-order valence-electron chi connectivity index (χ1n) is 3.72. The third-order valence-corrected chi connectivity index (χ3v) is 2.06. The van der Waals surface area contributed by atoms with E-state index >= 15 is 0 Å². The van der Waals surface area contributed by atoms with Crippen LogP contribution in [0.4, 0.5) is 4.39 Å². The molecule has 0 aliphatic carbocycles. The number of alkyl halides is 2. The molecule has 1 aliphatic heterocycles. The molecule has 0 bridgehead atoms. The van der Waals surface area contributed by atoms with Gasteiger partial charge in [0.2, 0.25) is 5.91 Å². The predicted molar refractivity (Wildman–Crippen MR) is 41.4 cm³/mol. The molecule has 64 valence electrons. The van der Waals surface area contributed by atoms with Crippen molar-refractivity contribution in [3.8, 4) is 0 Å². The SMILES string of the molecule is O=C(CCl)N1CCC[C@H](F)C1. The number of rotatable bonds is 1. The van der Waals surface area contributed by atoms with Crippen LogP contribution in [-0.2, 0) is 4.79 Å². The zero-order valence-electron chi connectivity index (χ0n) is 6.22. The van der Waals surface area contributed by atoms with E-state index in [2.05, 4.69) is 0 Å². The van der Waals surface area contributed by atoms with Gasteiger partial charge in [-0.2, -0.15) is 0 Å². The monoisotopic (exact) mass is 179 g/mol. The van der Waals surface area contributed by atoms with E-state index in [4.69, 9.17) is 11.6 Å². The fourth-order valence-electron chi connectivity index (χ4n) is 1.24. The lowest BCUT2D eigenvalue weighted by Crippen LogP contribution is -2.41. The average Bonchev–Trinajstić information content (AvgIpc) is 2.03. The average molecular weight is 180 g/mol. The summed E-state index contributed by atoms with van der Waals surface area (Å²) in [5, 5.41) is 0. The number of likely N-dealkylation sites (tertiary alicyclic amines) is 1. The Labute approximate surface area is 70.3 Å². The largest absolute Gasteiger partial charge is 0.339 e. The van der Waals surface area contributed by atoms with Gasteiger partial charge in [0.25, 0.3) is 0 Å². The van der Waals surface area contributed by atoms with E-state index in [1.54, 1.807) is 0 Å². The van der Waals surface area contributed by atoms with Crippen LogP contribution < -0.4 is 0 Å².